The quantitative estimate of drug-likeness (QED) is 0.174. The van der Waals surface area contributed by atoms with Gasteiger partial charge in [0.05, 0.1) is 13.1 Å². The highest BCUT2D eigenvalue weighted by Crippen LogP contribution is 2.30. The van der Waals surface area contributed by atoms with Crippen LogP contribution in [-0.2, 0) is 6.54 Å². The van der Waals surface area contributed by atoms with Crippen LogP contribution in [0.4, 0.5) is 31.1 Å². The molecule has 17 heteroatoms. The molecule has 0 aliphatic heterocycles. The molecule has 1 aromatic heterocycles. The lowest BCUT2D eigenvalue weighted by Gasteiger charge is -2.26. The van der Waals surface area contributed by atoms with Gasteiger partial charge in [-0.15, -0.1) is 18.3 Å². The Morgan fingerprint density at radius 2 is 1.75 bits per heavy atom. The molecule has 0 bridgehead atoms. The molecule has 4 N–H and O–H groups in total. The number of amidine groups is 1. The third kappa shape index (κ3) is 7.83. The number of amides is 2. The van der Waals surface area contributed by atoms with Crippen molar-refractivity contribution in [2.24, 2.45) is 0 Å². The van der Waals surface area contributed by atoms with E-state index >= 15 is 0 Å². The summed E-state index contributed by atoms with van der Waals surface area (Å²) >= 11 is 5.79. The molecule has 0 unspecified atom stereocenters. The summed E-state index contributed by atoms with van der Waals surface area (Å²) in [6, 6.07) is 8.85. The summed E-state index contributed by atoms with van der Waals surface area (Å²) in [4.78, 5) is 17.2. The highest BCUT2D eigenvalue weighted by Gasteiger charge is 2.41. The molecule has 3 rings (SSSR count). The molecule has 2 aromatic carbocycles. The van der Waals surface area contributed by atoms with Crippen LogP contribution in [0.2, 0.25) is 5.02 Å². The Morgan fingerprint density at radius 3 is 2.33 bits per heavy atom. The first-order valence-corrected chi connectivity index (χ1v) is 11.6. The van der Waals surface area contributed by atoms with E-state index in [2.05, 4.69) is 20.1 Å². The van der Waals surface area contributed by atoms with Crippen molar-refractivity contribution < 1.29 is 46.1 Å². The van der Waals surface area contributed by atoms with Crippen molar-refractivity contribution in [3.8, 4) is 11.4 Å². The van der Waals surface area contributed by atoms with Gasteiger partial charge in [-0.1, -0.05) is 23.7 Å². The van der Waals surface area contributed by atoms with Crippen molar-refractivity contribution in [1.29, 1.82) is 5.41 Å². The molecule has 0 aliphatic rings. The molecule has 0 aliphatic carbocycles. The number of carbonyl (C=O) groups is 1. The number of aliphatic hydroxyl groups is 2. The Kier molecular flexibility index (Phi) is 9.27. The third-order valence-corrected chi connectivity index (χ3v) is 5.38. The van der Waals surface area contributed by atoms with Crippen molar-refractivity contribution in [1.82, 2.24) is 25.0 Å². The first-order chi connectivity index (χ1) is 18.6. The van der Waals surface area contributed by atoms with Crippen LogP contribution in [0.15, 0.2) is 48.5 Å². The number of urea groups is 1. The van der Waals surface area contributed by atoms with Crippen LogP contribution in [0.3, 0.4) is 0 Å². The molecule has 216 valence electrons. The Hall–Kier alpha value is -3.89. The predicted octanol–water partition coefficient (Wildman–Crippen LogP) is 4.33. The Bertz CT molecular complexity index is 1350. The van der Waals surface area contributed by atoms with Gasteiger partial charge in [0.15, 0.2) is 23.5 Å². The molecule has 2 atom stereocenters. The van der Waals surface area contributed by atoms with E-state index in [1.807, 2.05) is 0 Å². The maximum Gasteiger partial charge on any atom is 0.573 e. The minimum Gasteiger partial charge on any atom is -0.403 e. The van der Waals surface area contributed by atoms with Gasteiger partial charge in [0.25, 0.3) is 0 Å². The number of hydrogen-bond acceptors (Lipinski definition) is 7. The van der Waals surface area contributed by atoms with Crippen LogP contribution in [0.25, 0.3) is 5.69 Å². The number of para-hydroxylation sites is 2. The average Bonchev–Trinajstić information content (AvgIpc) is 3.29. The van der Waals surface area contributed by atoms with E-state index in [0.29, 0.717) is 4.90 Å². The van der Waals surface area contributed by atoms with Gasteiger partial charge in [-0.2, -0.15) is 13.2 Å². The van der Waals surface area contributed by atoms with E-state index in [1.165, 1.54) is 49.4 Å². The van der Waals surface area contributed by atoms with Crippen LogP contribution in [0.5, 0.6) is 5.75 Å². The number of aliphatic hydroxyl groups excluding tert-OH is 2. The number of hydrogen-bond donors (Lipinski definition) is 4. The maximum absolute atomic E-state index is 13.0. The Morgan fingerprint density at radius 1 is 1.12 bits per heavy atom. The number of carbonyl (C=O) groups excluding carboxylic acids is 1. The molecule has 40 heavy (non-hydrogen) atoms. The summed E-state index contributed by atoms with van der Waals surface area (Å²) in [6.45, 7) is -0.663. The summed E-state index contributed by atoms with van der Waals surface area (Å²) in [6.07, 6.45) is -14.5. The first kappa shape index (κ1) is 30.6. The second-order valence-electron chi connectivity index (χ2n) is 8.17. The van der Waals surface area contributed by atoms with Crippen LogP contribution in [-0.4, -0.2) is 66.9 Å². The molecule has 1 heterocycles. The van der Waals surface area contributed by atoms with Gasteiger partial charge in [0.1, 0.15) is 17.6 Å². The average molecular weight is 595 g/mol. The normalized spacial score (nSPS) is 13.4. The van der Waals surface area contributed by atoms with Crippen molar-refractivity contribution in [2.75, 3.05) is 6.54 Å². The number of alkyl halides is 6. The number of nitrogens with zero attached hydrogens (tertiary/aromatic N) is 4. The van der Waals surface area contributed by atoms with E-state index in [4.69, 9.17) is 17.0 Å². The van der Waals surface area contributed by atoms with Gasteiger partial charge in [0.2, 0.25) is 0 Å². The van der Waals surface area contributed by atoms with Crippen molar-refractivity contribution in [3.05, 3.63) is 70.8 Å². The van der Waals surface area contributed by atoms with Crippen LogP contribution < -0.4 is 10.1 Å². The minimum absolute atomic E-state index is 0.00832. The van der Waals surface area contributed by atoms with E-state index in [0.717, 1.165) is 10.7 Å². The minimum atomic E-state index is -5.10. The molecular formula is C23H21ClF6N6O4. The number of halogens is 7. The van der Waals surface area contributed by atoms with Crippen molar-refractivity contribution in [2.45, 2.75) is 38.2 Å². The SMILES string of the molecule is C[C@H](O)c1nc(CNC(=O)N(C[C@H](O)C(F)(F)F)C(=N)c2ccc(Cl)cc2)nn1-c1ccccc1OC(F)(F)F. The van der Waals surface area contributed by atoms with Crippen molar-refractivity contribution >= 4 is 23.5 Å². The number of benzene rings is 2. The molecule has 10 nitrogen and oxygen atoms in total. The van der Waals surface area contributed by atoms with Gasteiger partial charge in [0, 0.05) is 10.6 Å². The third-order valence-electron chi connectivity index (χ3n) is 5.13. The monoisotopic (exact) mass is 594 g/mol. The fraction of sp³-hybridized carbons (Fsp3) is 0.304. The molecule has 3 aromatic rings. The summed E-state index contributed by atoms with van der Waals surface area (Å²) in [5.41, 5.74) is -0.241. The zero-order valence-corrected chi connectivity index (χ0v) is 21.1. The van der Waals surface area contributed by atoms with Gasteiger partial charge < -0.3 is 20.3 Å². The van der Waals surface area contributed by atoms with E-state index in [9.17, 15) is 41.4 Å². The number of aromatic nitrogens is 3. The smallest absolute Gasteiger partial charge is 0.403 e. The van der Waals surface area contributed by atoms with Crippen molar-refractivity contribution in [3.63, 3.8) is 0 Å². The highest BCUT2D eigenvalue weighted by molar-refractivity contribution is 6.30. The molecule has 2 amide bonds. The van der Waals surface area contributed by atoms with Crippen LogP contribution in [0, 0.1) is 5.41 Å². The molecule has 0 saturated carbocycles. The summed E-state index contributed by atoms with van der Waals surface area (Å²) in [5.74, 6) is -1.85. The molecule has 0 fully saturated rings. The lowest BCUT2D eigenvalue weighted by Crippen LogP contribution is -2.50. The molecule has 0 saturated heterocycles. The topological polar surface area (TPSA) is 137 Å². The lowest BCUT2D eigenvalue weighted by molar-refractivity contribution is -0.274. The number of nitrogens with one attached hydrogen (secondary N) is 2. The second-order valence-corrected chi connectivity index (χ2v) is 8.61. The lowest BCUT2D eigenvalue weighted by atomic mass is 10.2. The standard InChI is InChI=1S/C23H21ClF6N6O4/c1-12(37)20-33-18(34-36(20)15-4-2-3-5-16(15)40-23(28,29)30)10-32-21(39)35(11-17(38)22(25,26)27)19(31)13-6-8-14(24)9-7-13/h2-9,12,17,31,37-38H,10-11H2,1H3,(H,32,39)/t12-,17-/m0/s1. The summed E-state index contributed by atoms with van der Waals surface area (Å²) in [7, 11) is 0. The van der Waals surface area contributed by atoms with Crippen LogP contribution in [0.1, 0.15) is 30.2 Å². The van der Waals surface area contributed by atoms with Crippen LogP contribution >= 0.6 is 11.6 Å². The van der Waals surface area contributed by atoms with Gasteiger partial charge >= 0.3 is 18.6 Å². The summed E-state index contributed by atoms with van der Waals surface area (Å²) in [5, 5.41) is 34.4. The van der Waals surface area contributed by atoms with Gasteiger partial charge in [-0.3, -0.25) is 10.3 Å². The molecule has 0 radical (unpaired) electrons. The summed E-state index contributed by atoms with van der Waals surface area (Å²) < 4.78 is 82.6. The zero-order chi connectivity index (χ0) is 29.8. The number of ether oxygens (including phenoxy) is 1. The fourth-order valence-electron chi connectivity index (χ4n) is 3.30. The Labute approximate surface area is 227 Å². The fourth-order valence-corrected chi connectivity index (χ4v) is 3.43. The predicted molar refractivity (Wildman–Crippen MR) is 128 cm³/mol. The molecular weight excluding hydrogens is 574 g/mol. The van der Waals surface area contributed by atoms with E-state index < -0.39 is 55.5 Å². The Balaban J connectivity index is 1.88. The number of rotatable bonds is 8. The highest BCUT2D eigenvalue weighted by atomic mass is 35.5. The van der Waals surface area contributed by atoms with Gasteiger partial charge in [-0.25, -0.2) is 14.5 Å². The maximum atomic E-state index is 13.0. The molecule has 0 spiro atoms. The van der Waals surface area contributed by atoms with E-state index in [-0.39, 0.29) is 27.9 Å². The van der Waals surface area contributed by atoms with E-state index in [1.54, 1.807) is 0 Å². The van der Waals surface area contributed by atoms with Gasteiger partial charge in [-0.05, 0) is 43.3 Å². The largest absolute Gasteiger partial charge is 0.573 e. The first-order valence-electron chi connectivity index (χ1n) is 11.2. The second kappa shape index (κ2) is 12.1. The zero-order valence-electron chi connectivity index (χ0n) is 20.3.